The summed E-state index contributed by atoms with van der Waals surface area (Å²) in [6.07, 6.45) is 1.59. The lowest BCUT2D eigenvalue weighted by molar-refractivity contribution is -0.143. The van der Waals surface area contributed by atoms with Gasteiger partial charge in [0.25, 0.3) is 0 Å². The van der Waals surface area contributed by atoms with Gasteiger partial charge in [0, 0.05) is 11.3 Å². The van der Waals surface area contributed by atoms with E-state index in [1.54, 1.807) is 0 Å². The van der Waals surface area contributed by atoms with Gasteiger partial charge in [-0.25, -0.2) is 4.39 Å². The van der Waals surface area contributed by atoms with E-state index in [0.717, 1.165) is 12.5 Å². The average Bonchev–Trinajstić information content (AvgIpc) is 2.53. The lowest BCUT2D eigenvalue weighted by atomic mass is 10.1. The molecular weight excluding hydrogens is 365 g/mol. The minimum Gasteiger partial charge on any atom is -0.465 e. The van der Waals surface area contributed by atoms with Gasteiger partial charge in [-0.3, -0.25) is 9.59 Å². The number of benzene rings is 1. The number of nitrogens with one attached hydrogen (secondary N) is 1. The van der Waals surface area contributed by atoms with Gasteiger partial charge >= 0.3 is 5.97 Å². The van der Waals surface area contributed by atoms with Crippen molar-refractivity contribution in [3.63, 3.8) is 0 Å². The SMILES string of the molecule is CCCOC(=O)C(CC)Sc1cc(NC(=O)CC(C)C)c(F)cc1Cl. The number of carbonyl (C=O) groups is 2. The molecule has 4 nitrogen and oxygen atoms in total. The third kappa shape index (κ3) is 7.24. The molecule has 0 saturated heterocycles. The zero-order chi connectivity index (χ0) is 19.0. The number of hydrogen-bond acceptors (Lipinski definition) is 4. The van der Waals surface area contributed by atoms with E-state index in [9.17, 15) is 14.0 Å². The number of halogens is 2. The van der Waals surface area contributed by atoms with Gasteiger partial charge < -0.3 is 10.1 Å². The van der Waals surface area contributed by atoms with Gasteiger partial charge in [0.1, 0.15) is 11.1 Å². The maximum atomic E-state index is 14.1. The minimum absolute atomic E-state index is 0.0642. The Morgan fingerprint density at radius 2 is 2.00 bits per heavy atom. The minimum atomic E-state index is -0.604. The van der Waals surface area contributed by atoms with Crippen LogP contribution in [0.4, 0.5) is 10.1 Å². The number of carbonyl (C=O) groups excluding carboxylic acids is 2. The fraction of sp³-hybridized carbons (Fsp3) is 0.556. The first kappa shape index (κ1) is 21.8. The molecule has 1 aromatic carbocycles. The summed E-state index contributed by atoms with van der Waals surface area (Å²) in [5.74, 6) is -1.02. The fourth-order valence-corrected chi connectivity index (χ4v) is 3.31. The average molecular weight is 390 g/mol. The third-order valence-electron chi connectivity index (χ3n) is 3.24. The molecule has 1 rings (SSSR count). The Balaban J connectivity index is 2.93. The topological polar surface area (TPSA) is 55.4 Å². The molecule has 0 aliphatic carbocycles. The highest BCUT2D eigenvalue weighted by Crippen LogP contribution is 2.36. The van der Waals surface area contributed by atoms with E-state index in [1.165, 1.54) is 17.8 Å². The molecular formula is C18H25ClFNO3S. The summed E-state index contributed by atoms with van der Waals surface area (Å²) in [7, 11) is 0. The van der Waals surface area contributed by atoms with E-state index in [4.69, 9.17) is 16.3 Å². The largest absolute Gasteiger partial charge is 0.465 e. The zero-order valence-corrected chi connectivity index (χ0v) is 16.6. The predicted molar refractivity (Wildman–Crippen MR) is 101 cm³/mol. The summed E-state index contributed by atoms with van der Waals surface area (Å²) in [6.45, 7) is 7.97. The summed E-state index contributed by atoms with van der Waals surface area (Å²) in [5.41, 5.74) is 0.0642. The Hall–Kier alpha value is -1.27. The first-order chi connectivity index (χ1) is 11.8. The number of amides is 1. The molecule has 1 unspecified atom stereocenters. The quantitative estimate of drug-likeness (QED) is 0.460. The van der Waals surface area contributed by atoms with Crippen LogP contribution >= 0.6 is 23.4 Å². The van der Waals surface area contributed by atoms with E-state index in [-0.39, 0.29) is 28.5 Å². The second-order valence-electron chi connectivity index (χ2n) is 6.09. The fourth-order valence-electron chi connectivity index (χ4n) is 2.03. The van der Waals surface area contributed by atoms with Crippen LogP contribution in [0.5, 0.6) is 0 Å². The summed E-state index contributed by atoms with van der Waals surface area (Å²) < 4.78 is 19.2. The smallest absolute Gasteiger partial charge is 0.319 e. The zero-order valence-electron chi connectivity index (χ0n) is 15.0. The molecule has 0 aromatic heterocycles. The van der Waals surface area contributed by atoms with Crippen LogP contribution in [-0.4, -0.2) is 23.7 Å². The number of ether oxygens (including phenoxy) is 1. The van der Waals surface area contributed by atoms with Gasteiger partial charge in [0.05, 0.1) is 17.3 Å². The van der Waals surface area contributed by atoms with Gasteiger partial charge in [-0.1, -0.05) is 39.3 Å². The van der Waals surface area contributed by atoms with E-state index >= 15 is 0 Å². The molecule has 7 heteroatoms. The second-order valence-corrected chi connectivity index (χ2v) is 7.74. The first-order valence-electron chi connectivity index (χ1n) is 8.40. The molecule has 1 aromatic rings. The van der Waals surface area contributed by atoms with Gasteiger partial charge in [0.2, 0.25) is 5.91 Å². The van der Waals surface area contributed by atoms with Crippen LogP contribution in [0.15, 0.2) is 17.0 Å². The van der Waals surface area contributed by atoms with Crippen LogP contribution < -0.4 is 5.32 Å². The number of anilines is 1. The molecule has 0 spiro atoms. The Morgan fingerprint density at radius 1 is 1.32 bits per heavy atom. The van der Waals surface area contributed by atoms with Crippen molar-refractivity contribution in [2.75, 3.05) is 11.9 Å². The summed E-state index contributed by atoms with van der Waals surface area (Å²) in [5, 5.41) is 2.33. The lowest BCUT2D eigenvalue weighted by Gasteiger charge is -2.16. The Labute approximate surface area is 157 Å². The number of rotatable bonds is 9. The van der Waals surface area contributed by atoms with Crippen molar-refractivity contribution in [1.82, 2.24) is 0 Å². The summed E-state index contributed by atoms with van der Waals surface area (Å²) >= 11 is 7.32. The Kier molecular flexibility index (Phi) is 9.28. The van der Waals surface area contributed by atoms with Gasteiger partial charge in [-0.05, 0) is 30.9 Å². The molecule has 1 amide bonds. The first-order valence-corrected chi connectivity index (χ1v) is 9.66. The highest BCUT2D eigenvalue weighted by Gasteiger charge is 2.22. The number of esters is 1. The molecule has 0 heterocycles. The van der Waals surface area contributed by atoms with Crippen molar-refractivity contribution >= 4 is 40.9 Å². The van der Waals surface area contributed by atoms with Gasteiger partial charge in [0.15, 0.2) is 0 Å². The molecule has 1 N–H and O–H groups in total. The van der Waals surface area contributed by atoms with Crippen LogP contribution in [0.2, 0.25) is 5.02 Å². The lowest BCUT2D eigenvalue weighted by Crippen LogP contribution is -2.20. The van der Waals surface area contributed by atoms with E-state index in [2.05, 4.69) is 5.32 Å². The van der Waals surface area contributed by atoms with Crippen LogP contribution in [0, 0.1) is 11.7 Å². The van der Waals surface area contributed by atoms with Gasteiger partial charge in [-0.15, -0.1) is 11.8 Å². The monoisotopic (exact) mass is 389 g/mol. The van der Waals surface area contributed by atoms with E-state index in [1.807, 2.05) is 27.7 Å². The molecule has 0 bridgehead atoms. The number of thioether (sulfide) groups is 1. The van der Waals surface area contributed by atoms with E-state index < -0.39 is 11.1 Å². The summed E-state index contributed by atoms with van der Waals surface area (Å²) in [4.78, 5) is 24.5. The molecule has 1 atom stereocenters. The standard InChI is InChI=1S/C18H25ClFNO3S/c1-5-7-24-18(23)15(6-2)25-16-10-14(13(20)9-12(16)19)21-17(22)8-11(3)4/h9-11,15H,5-8H2,1-4H3,(H,21,22). The van der Waals surface area contributed by atoms with Gasteiger partial charge in [-0.2, -0.15) is 0 Å². The Bertz CT molecular complexity index is 610. The van der Waals surface area contributed by atoms with Crippen LogP contribution in [-0.2, 0) is 14.3 Å². The molecule has 140 valence electrons. The molecule has 0 saturated carbocycles. The van der Waals surface area contributed by atoms with E-state index in [0.29, 0.717) is 24.3 Å². The molecule has 0 fully saturated rings. The molecule has 0 radical (unpaired) electrons. The highest BCUT2D eigenvalue weighted by atomic mass is 35.5. The highest BCUT2D eigenvalue weighted by molar-refractivity contribution is 8.00. The maximum absolute atomic E-state index is 14.1. The molecule has 0 aliphatic rings. The maximum Gasteiger partial charge on any atom is 0.319 e. The van der Waals surface area contributed by atoms with Crippen LogP contribution in [0.25, 0.3) is 0 Å². The molecule has 25 heavy (non-hydrogen) atoms. The van der Waals surface area contributed by atoms with Crippen molar-refractivity contribution in [1.29, 1.82) is 0 Å². The van der Waals surface area contributed by atoms with Crippen LogP contribution in [0.3, 0.4) is 0 Å². The predicted octanol–water partition coefficient (Wildman–Crippen LogP) is 5.29. The number of hydrogen-bond donors (Lipinski definition) is 1. The van der Waals surface area contributed by atoms with Crippen molar-refractivity contribution in [3.8, 4) is 0 Å². The normalized spacial score (nSPS) is 12.1. The van der Waals surface area contributed by atoms with Crippen molar-refractivity contribution < 1.29 is 18.7 Å². The second kappa shape index (κ2) is 10.7. The Morgan fingerprint density at radius 3 is 2.56 bits per heavy atom. The molecule has 0 aliphatic heterocycles. The summed E-state index contributed by atoms with van der Waals surface area (Å²) in [6, 6.07) is 2.62. The van der Waals surface area contributed by atoms with Crippen molar-refractivity contribution in [2.24, 2.45) is 5.92 Å². The van der Waals surface area contributed by atoms with Crippen LogP contribution in [0.1, 0.15) is 47.0 Å². The van der Waals surface area contributed by atoms with Crippen molar-refractivity contribution in [2.45, 2.75) is 57.1 Å². The van der Waals surface area contributed by atoms with Crippen molar-refractivity contribution in [3.05, 3.63) is 23.0 Å². The third-order valence-corrected chi connectivity index (χ3v) is 5.07.